The molecule has 1 heterocycles. The van der Waals surface area contributed by atoms with Crippen LogP contribution in [0.4, 0.5) is 0 Å². The van der Waals surface area contributed by atoms with Crippen molar-refractivity contribution in [1.29, 1.82) is 5.26 Å². The molecule has 0 aromatic heterocycles. The Morgan fingerprint density at radius 2 is 1.96 bits per heavy atom. The summed E-state index contributed by atoms with van der Waals surface area (Å²) >= 11 is 0. The summed E-state index contributed by atoms with van der Waals surface area (Å²) in [6.45, 7) is 1.19. The van der Waals surface area contributed by atoms with Gasteiger partial charge in [-0.3, -0.25) is 9.69 Å². The highest BCUT2D eigenvalue weighted by Crippen LogP contribution is 2.29. The Morgan fingerprint density at radius 3 is 2.67 bits per heavy atom. The molecule has 0 bridgehead atoms. The Labute approximate surface area is 162 Å². The van der Waals surface area contributed by atoms with Crippen LogP contribution >= 0.6 is 0 Å². The third-order valence-corrected chi connectivity index (χ3v) is 6.08. The molecule has 27 heavy (non-hydrogen) atoms. The van der Waals surface area contributed by atoms with Crippen LogP contribution in [0.3, 0.4) is 0 Å². The van der Waals surface area contributed by atoms with Gasteiger partial charge >= 0.3 is 0 Å². The van der Waals surface area contributed by atoms with E-state index >= 15 is 0 Å². The van der Waals surface area contributed by atoms with Crippen molar-refractivity contribution in [2.75, 3.05) is 13.1 Å². The summed E-state index contributed by atoms with van der Waals surface area (Å²) in [5, 5.41) is 23.2. The summed E-state index contributed by atoms with van der Waals surface area (Å²) in [5.74, 6) is -0.0560. The number of hydrogen-bond acceptors (Lipinski definition) is 4. The lowest BCUT2D eigenvalue weighted by Crippen LogP contribution is -2.50. The van der Waals surface area contributed by atoms with E-state index in [1.165, 1.54) is 0 Å². The summed E-state index contributed by atoms with van der Waals surface area (Å²) in [5.41, 5.74) is 0.266. The van der Waals surface area contributed by atoms with Gasteiger partial charge in [-0.05, 0) is 57.1 Å². The Hall–Kier alpha value is -1.90. The van der Waals surface area contributed by atoms with Crippen LogP contribution in [0.2, 0.25) is 0 Å². The highest BCUT2D eigenvalue weighted by atomic mass is 16.3. The third kappa shape index (κ3) is 5.31. The molecule has 1 saturated carbocycles. The highest BCUT2D eigenvalue weighted by Gasteiger charge is 2.36. The number of rotatable bonds is 6. The van der Waals surface area contributed by atoms with E-state index < -0.39 is 11.6 Å². The molecule has 1 aromatic carbocycles. The Bertz CT molecular complexity index is 649. The van der Waals surface area contributed by atoms with Crippen molar-refractivity contribution in [3.8, 4) is 6.07 Å². The second kappa shape index (κ2) is 9.34. The third-order valence-electron chi connectivity index (χ3n) is 6.08. The lowest BCUT2D eigenvalue weighted by molar-refractivity contribution is -0.124. The zero-order chi connectivity index (χ0) is 19.1. The number of aliphatic hydroxyl groups excluding tert-OH is 1. The molecule has 1 aliphatic heterocycles. The van der Waals surface area contributed by atoms with E-state index in [1.54, 1.807) is 0 Å². The van der Waals surface area contributed by atoms with Gasteiger partial charge in [-0.25, -0.2) is 0 Å². The van der Waals surface area contributed by atoms with Gasteiger partial charge in [0.25, 0.3) is 0 Å². The topological polar surface area (TPSA) is 76.4 Å². The van der Waals surface area contributed by atoms with Crippen molar-refractivity contribution < 1.29 is 9.90 Å². The fraction of sp³-hybridized carbons (Fsp3) is 0.636. The van der Waals surface area contributed by atoms with Gasteiger partial charge in [-0.15, -0.1) is 0 Å². The summed E-state index contributed by atoms with van der Waals surface area (Å²) < 4.78 is 0. The van der Waals surface area contributed by atoms with Crippen molar-refractivity contribution in [3.05, 3.63) is 35.9 Å². The largest absolute Gasteiger partial charge is 0.388 e. The predicted octanol–water partition coefficient (Wildman–Crippen LogP) is 3.31. The molecule has 2 aliphatic rings. The first-order chi connectivity index (χ1) is 13.1. The molecule has 1 amide bonds. The number of nitriles is 1. The summed E-state index contributed by atoms with van der Waals surface area (Å²) in [6, 6.07) is 12.3. The summed E-state index contributed by atoms with van der Waals surface area (Å²) in [6.07, 6.45) is 8.02. The average molecular weight is 370 g/mol. The van der Waals surface area contributed by atoms with Crippen LogP contribution < -0.4 is 5.32 Å². The van der Waals surface area contributed by atoms with Crippen molar-refractivity contribution >= 4 is 5.91 Å². The monoisotopic (exact) mass is 369 g/mol. The number of carbonyl (C=O) groups is 1. The minimum atomic E-state index is -0.665. The first-order valence-corrected chi connectivity index (χ1v) is 10.3. The molecule has 1 aromatic rings. The molecule has 0 spiro atoms. The molecule has 0 unspecified atom stereocenters. The number of aliphatic hydroxyl groups is 1. The molecule has 0 radical (unpaired) electrons. The number of amides is 1. The lowest BCUT2D eigenvalue weighted by Gasteiger charge is -2.32. The number of carbonyl (C=O) groups excluding carboxylic acids is 1. The van der Waals surface area contributed by atoms with E-state index in [9.17, 15) is 15.2 Å². The molecular formula is C22H31N3O2. The maximum atomic E-state index is 12.7. The maximum Gasteiger partial charge on any atom is 0.235 e. The average Bonchev–Trinajstić information content (AvgIpc) is 3.05. The molecule has 146 valence electrons. The number of nitrogens with zero attached hydrogens (tertiary/aromatic N) is 2. The quantitative estimate of drug-likeness (QED) is 0.807. The summed E-state index contributed by atoms with van der Waals surface area (Å²) in [7, 11) is 0. The van der Waals surface area contributed by atoms with Gasteiger partial charge in [0.15, 0.2) is 0 Å². The van der Waals surface area contributed by atoms with Gasteiger partial charge in [0, 0.05) is 6.04 Å². The summed E-state index contributed by atoms with van der Waals surface area (Å²) in [4.78, 5) is 14.9. The van der Waals surface area contributed by atoms with E-state index in [1.807, 2.05) is 30.3 Å². The first-order valence-electron chi connectivity index (χ1n) is 10.3. The number of hydrogen-bond donors (Lipinski definition) is 2. The second-order valence-corrected chi connectivity index (χ2v) is 8.09. The normalized spacial score (nSPS) is 23.9. The second-order valence-electron chi connectivity index (χ2n) is 8.09. The van der Waals surface area contributed by atoms with E-state index in [2.05, 4.69) is 16.3 Å². The number of likely N-dealkylation sites (tertiary alicyclic amines) is 1. The molecule has 5 nitrogen and oxygen atoms in total. The smallest absolute Gasteiger partial charge is 0.235 e. The lowest BCUT2D eigenvalue weighted by atomic mass is 9.97. The Kier molecular flexibility index (Phi) is 6.87. The van der Waals surface area contributed by atoms with E-state index in [4.69, 9.17) is 0 Å². The van der Waals surface area contributed by atoms with Crippen molar-refractivity contribution in [3.63, 3.8) is 0 Å². The fourth-order valence-corrected chi connectivity index (χ4v) is 4.52. The molecule has 2 N–H and O–H groups in total. The molecular weight excluding hydrogens is 338 g/mol. The van der Waals surface area contributed by atoms with Gasteiger partial charge < -0.3 is 10.4 Å². The fourth-order valence-electron chi connectivity index (χ4n) is 4.52. The maximum absolute atomic E-state index is 12.7. The van der Waals surface area contributed by atoms with Crippen LogP contribution in [0.1, 0.15) is 69.5 Å². The van der Waals surface area contributed by atoms with Gasteiger partial charge in [0.1, 0.15) is 5.54 Å². The van der Waals surface area contributed by atoms with E-state index in [0.29, 0.717) is 13.0 Å². The minimum absolute atomic E-state index is 0.0560. The predicted molar refractivity (Wildman–Crippen MR) is 105 cm³/mol. The highest BCUT2D eigenvalue weighted by molar-refractivity contribution is 5.79. The number of benzene rings is 1. The van der Waals surface area contributed by atoms with Crippen LogP contribution in [-0.2, 0) is 4.79 Å². The molecule has 1 saturated heterocycles. The number of nitrogens with one attached hydrogen (secondary N) is 1. The van der Waals surface area contributed by atoms with Crippen molar-refractivity contribution in [2.45, 2.75) is 75.5 Å². The minimum Gasteiger partial charge on any atom is -0.388 e. The van der Waals surface area contributed by atoms with Gasteiger partial charge in [0.2, 0.25) is 5.91 Å². The van der Waals surface area contributed by atoms with Crippen LogP contribution in [0.25, 0.3) is 0 Å². The molecule has 5 heteroatoms. The van der Waals surface area contributed by atoms with Gasteiger partial charge in [-0.1, -0.05) is 43.2 Å². The SMILES string of the molecule is N#CC1(NC(=O)CN2CCCCC[C@@H]2C[C@@H](O)c2ccccc2)CCCC1. The van der Waals surface area contributed by atoms with E-state index in [-0.39, 0.29) is 11.9 Å². The molecule has 2 atom stereocenters. The van der Waals surface area contributed by atoms with Crippen molar-refractivity contribution in [2.24, 2.45) is 0 Å². The van der Waals surface area contributed by atoms with Crippen molar-refractivity contribution in [1.82, 2.24) is 10.2 Å². The van der Waals surface area contributed by atoms with Crippen LogP contribution in [0, 0.1) is 11.3 Å². The zero-order valence-corrected chi connectivity index (χ0v) is 16.1. The standard InChI is InChI=1S/C22H31N3O2/c23-17-22(12-6-7-13-22)24-21(27)16-25-14-8-2-5-11-19(25)15-20(26)18-9-3-1-4-10-18/h1,3-4,9-10,19-20,26H,2,5-8,11-16H2,(H,24,27)/t19-,20-/m1/s1. The van der Waals surface area contributed by atoms with Gasteiger partial charge in [0.05, 0.1) is 18.7 Å². The zero-order valence-electron chi connectivity index (χ0n) is 16.1. The molecule has 2 fully saturated rings. The molecule has 1 aliphatic carbocycles. The molecule has 3 rings (SSSR count). The Balaban J connectivity index is 1.62. The first kappa shape index (κ1) is 19.9. The Morgan fingerprint density at radius 1 is 1.22 bits per heavy atom. The van der Waals surface area contributed by atoms with E-state index in [0.717, 1.165) is 63.5 Å². The van der Waals surface area contributed by atoms with Crippen LogP contribution in [-0.4, -0.2) is 40.6 Å². The van der Waals surface area contributed by atoms with Gasteiger partial charge in [-0.2, -0.15) is 5.26 Å². The van der Waals surface area contributed by atoms with Crippen LogP contribution in [0.15, 0.2) is 30.3 Å². The van der Waals surface area contributed by atoms with Crippen LogP contribution in [0.5, 0.6) is 0 Å².